The highest BCUT2D eigenvalue weighted by Gasteiger charge is 2.32. The van der Waals surface area contributed by atoms with Crippen LogP contribution in [0.5, 0.6) is 0 Å². The van der Waals surface area contributed by atoms with E-state index >= 15 is 0 Å². The van der Waals surface area contributed by atoms with Crippen molar-refractivity contribution in [3.63, 3.8) is 0 Å². The third-order valence-corrected chi connectivity index (χ3v) is 4.45. The van der Waals surface area contributed by atoms with Crippen molar-refractivity contribution >= 4 is 27.4 Å². The molecule has 0 saturated carbocycles. The standard InChI is InChI=1S/C14H10N2O4S/c15-10-6-9(14(17)18)7-11-12(10)13(16-21(11,19)20)8-4-2-1-3-5-8/h1-7H,15H2,(H,17,18). The maximum Gasteiger partial charge on any atom is 0.335 e. The Kier molecular flexibility index (Phi) is 2.80. The maximum absolute atomic E-state index is 12.1. The SMILES string of the molecule is Nc1cc(C(=O)O)cc2c1C(c1ccccc1)=NS2(=O)=O. The van der Waals surface area contributed by atoms with Crippen LogP contribution in [0.2, 0.25) is 0 Å². The Hall–Kier alpha value is -2.67. The zero-order valence-corrected chi connectivity index (χ0v) is 11.5. The second-order valence-electron chi connectivity index (χ2n) is 4.52. The molecule has 0 fully saturated rings. The lowest BCUT2D eigenvalue weighted by Crippen LogP contribution is -2.08. The highest BCUT2D eigenvalue weighted by Crippen LogP contribution is 2.34. The van der Waals surface area contributed by atoms with Gasteiger partial charge in [0.15, 0.2) is 0 Å². The molecule has 21 heavy (non-hydrogen) atoms. The smallest absolute Gasteiger partial charge is 0.335 e. The molecule has 0 bridgehead atoms. The normalized spacial score (nSPS) is 15.3. The van der Waals surface area contributed by atoms with E-state index in [0.717, 1.165) is 6.07 Å². The van der Waals surface area contributed by atoms with Crippen LogP contribution >= 0.6 is 0 Å². The molecule has 0 unspecified atom stereocenters. The zero-order valence-electron chi connectivity index (χ0n) is 10.6. The molecule has 2 aromatic rings. The van der Waals surface area contributed by atoms with Gasteiger partial charge in [0, 0.05) is 16.8 Å². The molecule has 0 aromatic heterocycles. The molecule has 1 aliphatic heterocycles. The van der Waals surface area contributed by atoms with Gasteiger partial charge in [0.1, 0.15) is 4.90 Å². The first-order valence-electron chi connectivity index (χ1n) is 5.98. The first kappa shape index (κ1) is 13.3. The third kappa shape index (κ3) is 2.07. The van der Waals surface area contributed by atoms with Crippen LogP contribution in [0.25, 0.3) is 0 Å². The monoisotopic (exact) mass is 302 g/mol. The molecule has 3 N–H and O–H groups in total. The summed E-state index contributed by atoms with van der Waals surface area (Å²) in [5.41, 5.74) is 6.84. The van der Waals surface area contributed by atoms with Crippen molar-refractivity contribution in [1.82, 2.24) is 0 Å². The van der Waals surface area contributed by atoms with Crippen molar-refractivity contribution in [2.45, 2.75) is 4.90 Å². The van der Waals surface area contributed by atoms with Gasteiger partial charge in [0.2, 0.25) is 0 Å². The summed E-state index contributed by atoms with van der Waals surface area (Å²) in [6.07, 6.45) is 0. The summed E-state index contributed by atoms with van der Waals surface area (Å²) < 4.78 is 28.0. The predicted molar refractivity (Wildman–Crippen MR) is 77.1 cm³/mol. The van der Waals surface area contributed by atoms with Crippen LogP contribution in [0.1, 0.15) is 21.5 Å². The molecule has 1 heterocycles. The van der Waals surface area contributed by atoms with E-state index in [9.17, 15) is 13.2 Å². The lowest BCUT2D eigenvalue weighted by atomic mass is 9.99. The number of sulfonamides is 1. The van der Waals surface area contributed by atoms with E-state index in [-0.39, 0.29) is 27.4 Å². The third-order valence-electron chi connectivity index (χ3n) is 3.15. The summed E-state index contributed by atoms with van der Waals surface area (Å²) in [7, 11) is -3.94. The van der Waals surface area contributed by atoms with Gasteiger partial charge in [-0.1, -0.05) is 30.3 Å². The average molecular weight is 302 g/mol. The molecule has 0 amide bonds. The number of hydrogen-bond donors (Lipinski definition) is 2. The Balaban J connectivity index is 2.31. The summed E-state index contributed by atoms with van der Waals surface area (Å²) in [6.45, 7) is 0. The van der Waals surface area contributed by atoms with E-state index in [1.165, 1.54) is 6.07 Å². The second-order valence-corrected chi connectivity index (χ2v) is 6.10. The minimum Gasteiger partial charge on any atom is -0.478 e. The number of carboxylic acids is 1. The number of nitrogens with two attached hydrogens (primary N) is 1. The van der Waals surface area contributed by atoms with Gasteiger partial charge in [-0.3, -0.25) is 0 Å². The number of hydrogen-bond acceptors (Lipinski definition) is 4. The number of anilines is 1. The maximum atomic E-state index is 12.1. The van der Waals surface area contributed by atoms with Gasteiger partial charge in [-0.25, -0.2) is 4.79 Å². The summed E-state index contributed by atoms with van der Waals surface area (Å²) >= 11 is 0. The number of aromatic carboxylic acids is 1. The Morgan fingerprint density at radius 1 is 1.14 bits per heavy atom. The lowest BCUT2D eigenvalue weighted by molar-refractivity contribution is 0.0696. The van der Waals surface area contributed by atoms with Gasteiger partial charge in [-0.2, -0.15) is 12.8 Å². The van der Waals surface area contributed by atoms with Gasteiger partial charge in [-0.05, 0) is 12.1 Å². The number of rotatable bonds is 2. The van der Waals surface area contributed by atoms with Crippen LogP contribution in [0.3, 0.4) is 0 Å². The van der Waals surface area contributed by atoms with E-state index < -0.39 is 16.0 Å². The number of nitrogen functional groups attached to an aromatic ring is 1. The van der Waals surface area contributed by atoms with E-state index in [1.807, 2.05) is 0 Å². The van der Waals surface area contributed by atoms with Gasteiger partial charge in [-0.15, -0.1) is 0 Å². The predicted octanol–water partition coefficient (Wildman–Crippen LogP) is 1.51. The van der Waals surface area contributed by atoms with Crippen molar-refractivity contribution in [2.24, 2.45) is 4.40 Å². The fourth-order valence-corrected chi connectivity index (χ4v) is 3.51. The van der Waals surface area contributed by atoms with Crippen molar-refractivity contribution in [2.75, 3.05) is 5.73 Å². The van der Waals surface area contributed by atoms with Crippen molar-refractivity contribution in [3.8, 4) is 0 Å². The fourth-order valence-electron chi connectivity index (χ4n) is 2.23. The second kappa shape index (κ2) is 4.42. The first-order chi connectivity index (χ1) is 9.90. The number of carboxylic acid groups (broad SMARTS) is 1. The minimum atomic E-state index is -3.94. The molecule has 3 rings (SSSR count). The topological polar surface area (TPSA) is 110 Å². The Bertz CT molecular complexity index is 887. The Morgan fingerprint density at radius 3 is 2.43 bits per heavy atom. The fraction of sp³-hybridized carbons (Fsp3) is 0. The number of benzene rings is 2. The van der Waals surface area contributed by atoms with Crippen molar-refractivity contribution < 1.29 is 18.3 Å². The molecule has 0 atom stereocenters. The molecule has 0 saturated heterocycles. The van der Waals surface area contributed by atoms with Crippen LogP contribution in [-0.2, 0) is 10.0 Å². The summed E-state index contributed by atoms with van der Waals surface area (Å²) in [4.78, 5) is 10.9. The van der Waals surface area contributed by atoms with Crippen molar-refractivity contribution in [1.29, 1.82) is 0 Å². The molecule has 1 aliphatic rings. The lowest BCUT2D eigenvalue weighted by Gasteiger charge is -2.07. The highest BCUT2D eigenvalue weighted by molar-refractivity contribution is 7.90. The number of nitrogens with zero attached hydrogens (tertiary/aromatic N) is 1. The molecule has 0 aliphatic carbocycles. The average Bonchev–Trinajstić information content (AvgIpc) is 2.72. The van der Waals surface area contributed by atoms with Gasteiger partial charge >= 0.3 is 5.97 Å². The molecular weight excluding hydrogens is 292 g/mol. The van der Waals surface area contributed by atoms with Crippen molar-refractivity contribution in [3.05, 3.63) is 59.2 Å². The van der Waals surface area contributed by atoms with E-state index in [0.29, 0.717) is 5.56 Å². The molecule has 0 radical (unpaired) electrons. The molecule has 7 heteroatoms. The van der Waals surface area contributed by atoms with Crippen LogP contribution in [-0.4, -0.2) is 25.2 Å². The number of fused-ring (bicyclic) bond motifs is 1. The van der Waals surface area contributed by atoms with Gasteiger partial charge < -0.3 is 10.8 Å². The molecule has 2 aromatic carbocycles. The molecule has 0 spiro atoms. The molecular formula is C14H10N2O4S. The van der Waals surface area contributed by atoms with Crippen LogP contribution in [0.15, 0.2) is 51.8 Å². The Morgan fingerprint density at radius 2 is 1.81 bits per heavy atom. The highest BCUT2D eigenvalue weighted by atomic mass is 32.2. The first-order valence-corrected chi connectivity index (χ1v) is 7.42. The van der Waals surface area contributed by atoms with Gasteiger partial charge in [0.25, 0.3) is 10.0 Å². The zero-order chi connectivity index (χ0) is 15.2. The van der Waals surface area contributed by atoms with E-state index in [2.05, 4.69) is 4.40 Å². The minimum absolute atomic E-state index is 0.0774. The summed E-state index contributed by atoms with van der Waals surface area (Å²) in [6, 6.07) is 11.1. The molecule has 106 valence electrons. The Labute approximate surface area is 120 Å². The van der Waals surface area contributed by atoms with Crippen LogP contribution < -0.4 is 5.73 Å². The van der Waals surface area contributed by atoms with Crippen LogP contribution in [0.4, 0.5) is 5.69 Å². The van der Waals surface area contributed by atoms with Crippen LogP contribution in [0, 0.1) is 0 Å². The summed E-state index contributed by atoms with van der Waals surface area (Å²) in [5, 5.41) is 9.01. The molecule has 6 nitrogen and oxygen atoms in total. The van der Waals surface area contributed by atoms with E-state index in [4.69, 9.17) is 10.8 Å². The quantitative estimate of drug-likeness (QED) is 0.817. The van der Waals surface area contributed by atoms with E-state index in [1.54, 1.807) is 30.3 Å². The largest absolute Gasteiger partial charge is 0.478 e. The summed E-state index contributed by atoms with van der Waals surface area (Å²) in [5.74, 6) is -1.24. The number of carbonyl (C=O) groups is 1. The van der Waals surface area contributed by atoms with Gasteiger partial charge in [0.05, 0.1) is 11.3 Å².